The van der Waals surface area contributed by atoms with Crippen molar-refractivity contribution in [2.24, 2.45) is 5.73 Å². The maximum Gasteiger partial charge on any atom is 0.223 e. The molecule has 0 spiro atoms. The molecule has 0 aromatic heterocycles. The van der Waals surface area contributed by atoms with Crippen molar-refractivity contribution in [2.45, 2.75) is 18.2 Å². The molecule has 0 saturated carbocycles. The fourth-order valence-corrected chi connectivity index (χ4v) is 3.31. The highest BCUT2D eigenvalue weighted by molar-refractivity contribution is 7.91. The molecular weight excluding hydrogens is 252 g/mol. The first-order valence-corrected chi connectivity index (χ1v) is 7.45. The standard InChI is InChI=1S/C12H16N2O3S/c1-9(15)14-6-4-10-8-11(2-3-12(10)14)18(16,17)7-5-13/h2-3,8H,4-7,13H2,1H3. The van der Waals surface area contributed by atoms with Crippen molar-refractivity contribution >= 4 is 21.4 Å². The Kier molecular flexibility index (Phi) is 3.41. The number of fused-ring (bicyclic) bond motifs is 1. The number of nitrogens with zero attached hydrogens (tertiary/aromatic N) is 1. The lowest BCUT2D eigenvalue weighted by atomic mass is 10.2. The Morgan fingerprint density at radius 1 is 1.44 bits per heavy atom. The van der Waals surface area contributed by atoms with Crippen molar-refractivity contribution in [3.8, 4) is 0 Å². The highest BCUT2D eigenvalue weighted by Crippen LogP contribution is 2.30. The number of amides is 1. The molecule has 6 heteroatoms. The van der Waals surface area contributed by atoms with Gasteiger partial charge in [-0.15, -0.1) is 0 Å². The van der Waals surface area contributed by atoms with E-state index in [9.17, 15) is 13.2 Å². The van der Waals surface area contributed by atoms with Gasteiger partial charge < -0.3 is 10.6 Å². The van der Waals surface area contributed by atoms with E-state index in [0.717, 1.165) is 11.3 Å². The van der Waals surface area contributed by atoms with Crippen LogP contribution in [0.4, 0.5) is 5.69 Å². The van der Waals surface area contributed by atoms with Gasteiger partial charge in [-0.05, 0) is 30.2 Å². The lowest BCUT2D eigenvalue weighted by Gasteiger charge is -2.14. The molecule has 0 unspecified atom stereocenters. The number of hydrogen-bond donors (Lipinski definition) is 1. The largest absolute Gasteiger partial charge is 0.329 e. The molecule has 1 aliphatic heterocycles. The van der Waals surface area contributed by atoms with Gasteiger partial charge in [0.25, 0.3) is 0 Å². The predicted octanol–water partition coefficient (Wildman–Crippen LogP) is 0.328. The van der Waals surface area contributed by atoms with Gasteiger partial charge in [0.2, 0.25) is 5.91 Å². The summed E-state index contributed by atoms with van der Waals surface area (Å²) < 4.78 is 23.8. The van der Waals surface area contributed by atoms with Crippen molar-refractivity contribution in [1.29, 1.82) is 0 Å². The van der Waals surface area contributed by atoms with Gasteiger partial charge in [0.1, 0.15) is 0 Å². The molecule has 1 amide bonds. The first-order chi connectivity index (χ1) is 8.45. The van der Waals surface area contributed by atoms with E-state index in [-0.39, 0.29) is 23.1 Å². The van der Waals surface area contributed by atoms with Gasteiger partial charge in [-0.1, -0.05) is 0 Å². The maximum atomic E-state index is 11.9. The molecule has 0 bridgehead atoms. The number of rotatable bonds is 3. The second kappa shape index (κ2) is 4.70. The minimum atomic E-state index is -3.30. The Bertz CT molecular complexity index is 581. The molecule has 2 rings (SSSR count). The summed E-state index contributed by atoms with van der Waals surface area (Å²) in [6.07, 6.45) is 0.695. The van der Waals surface area contributed by atoms with Crippen LogP contribution >= 0.6 is 0 Å². The molecule has 1 heterocycles. The molecule has 0 saturated heterocycles. The fourth-order valence-electron chi connectivity index (χ4n) is 2.17. The van der Waals surface area contributed by atoms with Crippen molar-refractivity contribution in [3.63, 3.8) is 0 Å². The van der Waals surface area contributed by atoms with E-state index in [0.29, 0.717) is 13.0 Å². The zero-order valence-corrected chi connectivity index (χ0v) is 11.0. The molecule has 0 radical (unpaired) electrons. The van der Waals surface area contributed by atoms with Gasteiger partial charge in [-0.2, -0.15) is 0 Å². The summed E-state index contributed by atoms with van der Waals surface area (Å²) >= 11 is 0. The highest BCUT2D eigenvalue weighted by atomic mass is 32.2. The van der Waals surface area contributed by atoms with Gasteiger partial charge in [0.15, 0.2) is 9.84 Å². The van der Waals surface area contributed by atoms with E-state index in [1.807, 2.05) is 0 Å². The number of hydrogen-bond acceptors (Lipinski definition) is 4. The topological polar surface area (TPSA) is 80.5 Å². The van der Waals surface area contributed by atoms with Crippen LogP contribution in [0.15, 0.2) is 23.1 Å². The molecule has 98 valence electrons. The third-order valence-electron chi connectivity index (χ3n) is 3.07. The van der Waals surface area contributed by atoms with E-state index in [1.165, 1.54) is 6.92 Å². The smallest absolute Gasteiger partial charge is 0.223 e. The van der Waals surface area contributed by atoms with Crippen LogP contribution in [0.5, 0.6) is 0 Å². The third-order valence-corrected chi connectivity index (χ3v) is 4.82. The molecule has 2 N–H and O–H groups in total. The van der Waals surface area contributed by atoms with Crippen LogP contribution < -0.4 is 10.6 Å². The van der Waals surface area contributed by atoms with Gasteiger partial charge >= 0.3 is 0 Å². The fraction of sp³-hybridized carbons (Fsp3) is 0.417. The minimum Gasteiger partial charge on any atom is -0.329 e. The Hall–Kier alpha value is -1.40. The second-order valence-corrected chi connectivity index (χ2v) is 6.43. The summed E-state index contributed by atoms with van der Waals surface area (Å²) in [5, 5.41) is 0. The van der Waals surface area contributed by atoms with Gasteiger partial charge in [0, 0.05) is 25.7 Å². The molecule has 0 atom stereocenters. The highest BCUT2D eigenvalue weighted by Gasteiger charge is 2.24. The van der Waals surface area contributed by atoms with Crippen molar-refractivity contribution < 1.29 is 13.2 Å². The Labute approximate surface area is 107 Å². The first kappa shape index (κ1) is 13.0. The molecule has 0 fully saturated rings. The summed E-state index contributed by atoms with van der Waals surface area (Å²) in [4.78, 5) is 13.3. The van der Waals surface area contributed by atoms with Crippen molar-refractivity contribution in [1.82, 2.24) is 0 Å². The van der Waals surface area contributed by atoms with E-state index >= 15 is 0 Å². The Balaban J connectivity index is 2.39. The van der Waals surface area contributed by atoms with Crippen molar-refractivity contribution in [3.05, 3.63) is 23.8 Å². The third kappa shape index (κ3) is 2.26. The normalized spacial score (nSPS) is 14.7. The number of nitrogens with two attached hydrogens (primary N) is 1. The maximum absolute atomic E-state index is 11.9. The zero-order valence-electron chi connectivity index (χ0n) is 10.2. The second-order valence-electron chi connectivity index (χ2n) is 4.32. The average Bonchev–Trinajstić information content (AvgIpc) is 2.71. The first-order valence-electron chi connectivity index (χ1n) is 5.79. The number of anilines is 1. The van der Waals surface area contributed by atoms with Crippen LogP contribution in [0.1, 0.15) is 12.5 Å². The summed E-state index contributed by atoms with van der Waals surface area (Å²) in [6, 6.07) is 4.90. The van der Waals surface area contributed by atoms with Gasteiger partial charge in [0.05, 0.1) is 10.6 Å². The molecule has 1 aliphatic rings. The summed E-state index contributed by atoms with van der Waals surface area (Å²) in [6.45, 7) is 2.23. The quantitative estimate of drug-likeness (QED) is 0.856. The van der Waals surface area contributed by atoms with Crippen LogP contribution in [-0.2, 0) is 21.1 Å². The van der Waals surface area contributed by atoms with Crippen LogP contribution in [0, 0.1) is 0 Å². The minimum absolute atomic E-state index is 0.0219. The van der Waals surface area contributed by atoms with E-state index in [4.69, 9.17) is 5.73 Å². The van der Waals surface area contributed by atoms with Gasteiger partial charge in [-0.3, -0.25) is 4.79 Å². The lowest BCUT2D eigenvalue weighted by Crippen LogP contribution is -2.25. The average molecular weight is 268 g/mol. The molecule has 1 aromatic carbocycles. The molecule has 18 heavy (non-hydrogen) atoms. The molecule has 1 aromatic rings. The summed E-state index contributed by atoms with van der Waals surface area (Å²) in [5.41, 5.74) is 7.01. The van der Waals surface area contributed by atoms with Crippen molar-refractivity contribution in [2.75, 3.05) is 23.7 Å². The number of carbonyl (C=O) groups is 1. The van der Waals surface area contributed by atoms with Crippen LogP contribution in [0.3, 0.4) is 0 Å². The monoisotopic (exact) mass is 268 g/mol. The lowest BCUT2D eigenvalue weighted by molar-refractivity contribution is -0.116. The van der Waals surface area contributed by atoms with E-state index in [1.54, 1.807) is 23.1 Å². The summed E-state index contributed by atoms with van der Waals surface area (Å²) in [7, 11) is -3.30. The number of benzene rings is 1. The predicted molar refractivity (Wildman–Crippen MR) is 69.3 cm³/mol. The van der Waals surface area contributed by atoms with Gasteiger partial charge in [-0.25, -0.2) is 8.42 Å². The van der Waals surface area contributed by atoms with E-state index in [2.05, 4.69) is 0 Å². The molecular formula is C12H16N2O3S. The molecule has 0 aliphatic carbocycles. The summed E-state index contributed by atoms with van der Waals surface area (Å²) in [5.74, 6) is -0.0753. The number of sulfone groups is 1. The van der Waals surface area contributed by atoms with Crippen LogP contribution in [-0.4, -0.2) is 33.2 Å². The Morgan fingerprint density at radius 3 is 2.78 bits per heavy atom. The van der Waals surface area contributed by atoms with Crippen LogP contribution in [0.2, 0.25) is 0 Å². The zero-order chi connectivity index (χ0) is 13.3. The number of carbonyl (C=O) groups excluding carboxylic acids is 1. The SMILES string of the molecule is CC(=O)N1CCc2cc(S(=O)(=O)CCN)ccc21. The Morgan fingerprint density at radius 2 is 2.17 bits per heavy atom. The van der Waals surface area contributed by atoms with Crippen LogP contribution in [0.25, 0.3) is 0 Å². The molecule has 5 nitrogen and oxygen atoms in total. The van der Waals surface area contributed by atoms with E-state index < -0.39 is 9.84 Å².